The summed E-state index contributed by atoms with van der Waals surface area (Å²) in [5.74, 6) is 0.774. The van der Waals surface area contributed by atoms with E-state index in [4.69, 9.17) is 4.74 Å². The molecule has 0 aliphatic rings. The van der Waals surface area contributed by atoms with Crippen LogP contribution in [0.1, 0.15) is 5.69 Å². The molecule has 0 saturated carbocycles. The number of aryl methyl sites for hydroxylation is 1. The van der Waals surface area contributed by atoms with Gasteiger partial charge < -0.3 is 4.74 Å². The SMILES string of the molecule is Cc1ncc(-c2ncnn2COCC[Si](C)(C)C)cc1Br. The molecule has 0 aliphatic heterocycles. The molecule has 0 atom stereocenters. The van der Waals surface area contributed by atoms with Gasteiger partial charge in [-0.2, -0.15) is 5.10 Å². The van der Waals surface area contributed by atoms with Crippen LogP contribution >= 0.6 is 15.9 Å². The van der Waals surface area contributed by atoms with Crippen molar-refractivity contribution < 1.29 is 4.74 Å². The van der Waals surface area contributed by atoms with Crippen molar-refractivity contribution in [3.63, 3.8) is 0 Å². The van der Waals surface area contributed by atoms with E-state index in [-0.39, 0.29) is 0 Å². The molecular formula is C14H21BrN4OSi. The summed E-state index contributed by atoms with van der Waals surface area (Å²) >= 11 is 3.50. The highest BCUT2D eigenvalue weighted by Crippen LogP contribution is 2.22. The number of hydrogen-bond acceptors (Lipinski definition) is 4. The molecule has 0 amide bonds. The first-order valence-electron chi connectivity index (χ1n) is 6.95. The number of pyridine rings is 1. The summed E-state index contributed by atoms with van der Waals surface area (Å²) < 4.78 is 8.47. The number of rotatable bonds is 6. The summed E-state index contributed by atoms with van der Waals surface area (Å²) in [7, 11) is -1.06. The minimum atomic E-state index is -1.06. The van der Waals surface area contributed by atoms with E-state index in [0.29, 0.717) is 6.73 Å². The molecule has 21 heavy (non-hydrogen) atoms. The maximum Gasteiger partial charge on any atom is 0.162 e. The molecule has 0 radical (unpaired) electrons. The van der Waals surface area contributed by atoms with Crippen molar-refractivity contribution in [1.82, 2.24) is 19.7 Å². The Morgan fingerprint density at radius 2 is 2.05 bits per heavy atom. The zero-order valence-corrected chi connectivity index (χ0v) is 15.5. The molecular weight excluding hydrogens is 348 g/mol. The van der Waals surface area contributed by atoms with E-state index < -0.39 is 8.07 Å². The van der Waals surface area contributed by atoms with E-state index in [2.05, 4.69) is 50.6 Å². The van der Waals surface area contributed by atoms with Crippen molar-refractivity contribution in [1.29, 1.82) is 0 Å². The second kappa shape index (κ2) is 6.80. The monoisotopic (exact) mass is 368 g/mol. The molecule has 2 rings (SSSR count). The molecule has 2 aromatic heterocycles. The summed E-state index contributed by atoms with van der Waals surface area (Å²) in [6.07, 6.45) is 3.35. The first-order valence-corrected chi connectivity index (χ1v) is 11.4. The fourth-order valence-corrected chi connectivity index (χ4v) is 2.85. The van der Waals surface area contributed by atoms with E-state index >= 15 is 0 Å². The Morgan fingerprint density at radius 3 is 2.71 bits per heavy atom. The van der Waals surface area contributed by atoms with Gasteiger partial charge in [-0.15, -0.1) is 0 Å². The predicted molar refractivity (Wildman–Crippen MR) is 89.8 cm³/mol. The van der Waals surface area contributed by atoms with Crippen LogP contribution in [0.3, 0.4) is 0 Å². The molecule has 0 bridgehead atoms. The lowest BCUT2D eigenvalue weighted by Gasteiger charge is -2.15. The van der Waals surface area contributed by atoms with Crippen molar-refractivity contribution in [3.05, 3.63) is 28.8 Å². The van der Waals surface area contributed by atoms with Crippen LogP contribution in [-0.4, -0.2) is 34.4 Å². The molecule has 2 heterocycles. The topological polar surface area (TPSA) is 52.8 Å². The first kappa shape index (κ1) is 16.3. The molecule has 7 heteroatoms. The lowest BCUT2D eigenvalue weighted by molar-refractivity contribution is 0.0796. The highest BCUT2D eigenvalue weighted by atomic mass is 79.9. The quantitative estimate of drug-likeness (QED) is 0.575. The van der Waals surface area contributed by atoms with Crippen LogP contribution in [0.25, 0.3) is 11.4 Å². The van der Waals surface area contributed by atoms with E-state index in [0.717, 1.165) is 34.2 Å². The Kier molecular flexibility index (Phi) is 5.29. The second-order valence-electron chi connectivity index (χ2n) is 6.22. The number of ether oxygens (including phenoxy) is 1. The van der Waals surface area contributed by atoms with Gasteiger partial charge in [0.05, 0.1) is 5.69 Å². The lowest BCUT2D eigenvalue weighted by atomic mass is 10.2. The van der Waals surface area contributed by atoms with Crippen LogP contribution in [0.2, 0.25) is 25.7 Å². The van der Waals surface area contributed by atoms with Crippen LogP contribution < -0.4 is 0 Å². The minimum Gasteiger partial charge on any atom is -0.359 e. The van der Waals surface area contributed by atoms with Crippen LogP contribution in [0.4, 0.5) is 0 Å². The Labute approximate surface area is 134 Å². The molecule has 0 spiro atoms. The van der Waals surface area contributed by atoms with Crippen molar-refractivity contribution >= 4 is 24.0 Å². The van der Waals surface area contributed by atoms with Gasteiger partial charge in [-0.3, -0.25) is 4.98 Å². The molecule has 114 valence electrons. The van der Waals surface area contributed by atoms with Crippen molar-refractivity contribution in [3.8, 4) is 11.4 Å². The van der Waals surface area contributed by atoms with Crippen molar-refractivity contribution in [2.75, 3.05) is 6.61 Å². The Bertz CT molecular complexity index is 609. The van der Waals surface area contributed by atoms with E-state index in [9.17, 15) is 0 Å². The van der Waals surface area contributed by atoms with Crippen LogP contribution in [0, 0.1) is 6.92 Å². The normalized spacial score (nSPS) is 11.9. The number of hydrogen-bond donors (Lipinski definition) is 0. The average Bonchev–Trinajstić information content (AvgIpc) is 2.85. The molecule has 0 aromatic carbocycles. The van der Waals surface area contributed by atoms with Gasteiger partial charge in [0.2, 0.25) is 0 Å². The Hall–Kier alpha value is -1.05. The molecule has 0 aliphatic carbocycles. The summed E-state index contributed by atoms with van der Waals surface area (Å²) in [5.41, 5.74) is 1.88. The van der Waals surface area contributed by atoms with Crippen molar-refractivity contribution in [2.45, 2.75) is 39.3 Å². The summed E-state index contributed by atoms with van der Waals surface area (Å²) in [5, 5.41) is 4.23. The summed E-state index contributed by atoms with van der Waals surface area (Å²) in [6, 6.07) is 3.15. The van der Waals surface area contributed by atoms with Crippen LogP contribution in [0.5, 0.6) is 0 Å². The number of aromatic nitrogens is 4. The lowest BCUT2D eigenvalue weighted by Crippen LogP contribution is -2.22. The molecule has 0 saturated heterocycles. The third-order valence-corrected chi connectivity index (χ3v) is 5.62. The van der Waals surface area contributed by atoms with Crippen LogP contribution in [-0.2, 0) is 11.5 Å². The summed E-state index contributed by atoms with van der Waals surface area (Å²) in [6.45, 7) is 10.2. The Balaban J connectivity index is 2.03. The Morgan fingerprint density at radius 1 is 1.29 bits per heavy atom. The first-order chi connectivity index (χ1) is 9.87. The van der Waals surface area contributed by atoms with Crippen molar-refractivity contribution in [2.24, 2.45) is 0 Å². The zero-order chi connectivity index (χ0) is 15.5. The maximum atomic E-state index is 5.73. The van der Waals surface area contributed by atoms with E-state index in [1.807, 2.05) is 19.2 Å². The standard InChI is InChI=1S/C14H21BrN4OSi/c1-11-13(15)7-12(8-16-11)14-17-9-18-19(14)10-20-5-6-21(2,3)4/h7-9H,5-6,10H2,1-4H3. The number of nitrogens with zero attached hydrogens (tertiary/aromatic N) is 4. The smallest absolute Gasteiger partial charge is 0.162 e. The minimum absolute atomic E-state index is 0.422. The van der Waals surface area contributed by atoms with E-state index in [1.165, 1.54) is 0 Å². The third kappa shape index (κ3) is 4.72. The highest BCUT2D eigenvalue weighted by Gasteiger charge is 2.13. The number of halogens is 1. The maximum absolute atomic E-state index is 5.73. The van der Waals surface area contributed by atoms with Gasteiger partial charge in [-0.05, 0) is 35.0 Å². The van der Waals surface area contributed by atoms with Crippen LogP contribution in [0.15, 0.2) is 23.1 Å². The van der Waals surface area contributed by atoms with Gasteiger partial charge in [-0.1, -0.05) is 19.6 Å². The highest BCUT2D eigenvalue weighted by molar-refractivity contribution is 9.10. The molecule has 0 unspecified atom stereocenters. The van der Waals surface area contributed by atoms with Gasteiger partial charge >= 0.3 is 0 Å². The molecule has 0 N–H and O–H groups in total. The van der Waals surface area contributed by atoms with Gasteiger partial charge in [0, 0.05) is 30.9 Å². The van der Waals surface area contributed by atoms with Gasteiger partial charge in [-0.25, -0.2) is 9.67 Å². The summed E-state index contributed by atoms with van der Waals surface area (Å²) in [4.78, 5) is 8.65. The zero-order valence-electron chi connectivity index (χ0n) is 12.9. The largest absolute Gasteiger partial charge is 0.359 e. The van der Waals surface area contributed by atoms with Gasteiger partial charge in [0.1, 0.15) is 13.1 Å². The third-order valence-electron chi connectivity index (χ3n) is 3.11. The predicted octanol–water partition coefficient (Wildman–Crippen LogP) is 3.72. The second-order valence-corrected chi connectivity index (χ2v) is 12.7. The average molecular weight is 369 g/mol. The fourth-order valence-electron chi connectivity index (χ4n) is 1.74. The molecule has 5 nitrogen and oxygen atoms in total. The molecule has 2 aromatic rings. The van der Waals surface area contributed by atoms with E-state index in [1.54, 1.807) is 11.0 Å². The molecule has 0 fully saturated rings. The fraction of sp³-hybridized carbons (Fsp3) is 0.500. The van der Waals surface area contributed by atoms with Gasteiger partial charge in [0.15, 0.2) is 5.82 Å². The van der Waals surface area contributed by atoms with Gasteiger partial charge in [0.25, 0.3) is 0 Å².